The predicted molar refractivity (Wildman–Crippen MR) is 111 cm³/mol. The topological polar surface area (TPSA) is 44.8 Å². The Labute approximate surface area is 165 Å². The first-order valence-electron chi connectivity index (χ1n) is 9.33. The number of alkyl halides is 1. The minimum absolute atomic E-state index is 0.0707. The standard InChI is InChI=1S/C20H31IO4/c1-4-7-10-23-18-13-16(17(22)15-21)14-19(24-11-8-5-2)20(18)25-12-9-6-3/h13-14H,4-12,15H2,1-3H3. The van der Waals surface area contributed by atoms with Crippen LogP contribution < -0.4 is 14.2 Å². The van der Waals surface area contributed by atoms with E-state index in [0.29, 0.717) is 47.1 Å². The first kappa shape index (κ1) is 22.1. The second kappa shape index (κ2) is 13.3. The van der Waals surface area contributed by atoms with Crippen molar-refractivity contribution in [2.24, 2.45) is 0 Å². The summed E-state index contributed by atoms with van der Waals surface area (Å²) in [6.07, 6.45) is 6.06. The number of benzene rings is 1. The smallest absolute Gasteiger partial charge is 0.203 e. The van der Waals surface area contributed by atoms with Gasteiger partial charge in [-0.15, -0.1) is 0 Å². The van der Waals surface area contributed by atoms with E-state index < -0.39 is 0 Å². The number of unbranched alkanes of at least 4 members (excludes halogenated alkanes) is 3. The van der Waals surface area contributed by atoms with Gasteiger partial charge in [-0.05, 0) is 31.4 Å². The summed E-state index contributed by atoms with van der Waals surface area (Å²) in [5.41, 5.74) is 0.621. The molecule has 0 atom stereocenters. The van der Waals surface area contributed by atoms with Gasteiger partial charge < -0.3 is 14.2 Å². The molecule has 4 nitrogen and oxygen atoms in total. The number of hydrogen-bond acceptors (Lipinski definition) is 4. The minimum atomic E-state index is 0.0707. The Hall–Kier alpha value is -0.980. The van der Waals surface area contributed by atoms with Crippen molar-refractivity contribution in [3.8, 4) is 17.2 Å². The lowest BCUT2D eigenvalue weighted by Crippen LogP contribution is -2.08. The van der Waals surface area contributed by atoms with Crippen LogP contribution >= 0.6 is 22.6 Å². The molecule has 0 saturated heterocycles. The fourth-order valence-corrected chi connectivity index (χ4v) is 2.58. The normalized spacial score (nSPS) is 10.6. The molecule has 142 valence electrons. The molecule has 0 spiro atoms. The molecule has 0 bridgehead atoms. The Balaban J connectivity index is 3.14. The van der Waals surface area contributed by atoms with Gasteiger partial charge in [0.1, 0.15) is 0 Å². The number of carbonyl (C=O) groups excluding carboxylic acids is 1. The van der Waals surface area contributed by atoms with Crippen molar-refractivity contribution >= 4 is 28.4 Å². The van der Waals surface area contributed by atoms with Crippen molar-refractivity contribution in [1.82, 2.24) is 0 Å². The highest BCUT2D eigenvalue weighted by Crippen LogP contribution is 2.39. The number of ether oxygens (including phenoxy) is 3. The molecule has 0 saturated carbocycles. The highest BCUT2D eigenvalue weighted by atomic mass is 127. The minimum Gasteiger partial charge on any atom is -0.490 e. The van der Waals surface area contributed by atoms with Crippen LogP contribution in [0.2, 0.25) is 0 Å². The molecule has 25 heavy (non-hydrogen) atoms. The van der Waals surface area contributed by atoms with Gasteiger partial charge in [0.15, 0.2) is 17.3 Å². The van der Waals surface area contributed by atoms with E-state index in [0.717, 1.165) is 38.5 Å². The van der Waals surface area contributed by atoms with Gasteiger partial charge in [0, 0.05) is 5.56 Å². The molecule has 0 aliphatic carbocycles. The Bertz CT molecular complexity index is 485. The summed E-state index contributed by atoms with van der Waals surface area (Å²) in [6.45, 7) is 8.20. The van der Waals surface area contributed by atoms with Crippen molar-refractivity contribution in [2.45, 2.75) is 59.3 Å². The fraction of sp³-hybridized carbons (Fsp3) is 0.650. The van der Waals surface area contributed by atoms with E-state index in [2.05, 4.69) is 43.4 Å². The molecule has 0 amide bonds. The van der Waals surface area contributed by atoms with Crippen LogP contribution in [0.3, 0.4) is 0 Å². The van der Waals surface area contributed by atoms with Crippen LogP contribution in [0.4, 0.5) is 0 Å². The van der Waals surface area contributed by atoms with E-state index in [1.807, 2.05) is 0 Å². The van der Waals surface area contributed by atoms with Gasteiger partial charge in [-0.2, -0.15) is 0 Å². The number of Topliss-reactive ketones (excluding diaryl/α,β-unsaturated/α-hetero) is 1. The molecule has 0 heterocycles. The molecule has 0 unspecified atom stereocenters. The molecular weight excluding hydrogens is 431 g/mol. The molecule has 0 radical (unpaired) electrons. The molecule has 1 aromatic rings. The number of hydrogen-bond donors (Lipinski definition) is 0. The van der Waals surface area contributed by atoms with Gasteiger partial charge >= 0.3 is 0 Å². The van der Waals surface area contributed by atoms with Crippen LogP contribution in [0.25, 0.3) is 0 Å². The average molecular weight is 462 g/mol. The third-order valence-corrected chi connectivity index (χ3v) is 4.41. The van der Waals surface area contributed by atoms with Gasteiger partial charge in [-0.25, -0.2) is 0 Å². The van der Waals surface area contributed by atoms with Gasteiger partial charge in [0.25, 0.3) is 0 Å². The maximum Gasteiger partial charge on any atom is 0.203 e. The first-order chi connectivity index (χ1) is 12.2. The summed E-state index contributed by atoms with van der Waals surface area (Å²) in [5.74, 6) is 1.94. The van der Waals surface area contributed by atoms with Crippen LogP contribution in [0.1, 0.15) is 69.7 Å². The lowest BCUT2D eigenvalue weighted by atomic mass is 10.1. The molecule has 0 fully saturated rings. The monoisotopic (exact) mass is 462 g/mol. The van der Waals surface area contributed by atoms with E-state index in [1.165, 1.54) is 0 Å². The largest absolute Gasteiger partial charge is 0.490 e. The third kappa shape index (κ3) is 7.84. The fourth-order valence-electron chi connectivity index (χ4n) is 2.14. The molecule has 0 aliphatic rings. The molecule has 0 aromatic heterocycles. The predicted octanol–water partition coefficient (Wildman–Crippen LogP) is 5.84. The average Bonchev–Trinajstić information content (AvgIpc) is 2.63. The lowest BCUT2D eigenvalue weighted by molar-refractivity contribution is 0.102. The van der Waals surface area contributed by atoms with Gasteiger partial charge in [-0.1, -0.05) is 62.6 Å². The lowest BCUT2D eigenvalue weighted by Gasteiger charge is -2.18. The van der Waals surface area contributed by atoms with Crippen LogP contribution in [0.5, 0.6) is 17.2 Å². The van der Waals surface area contributed by atoms with Crippen molar-refractivity contribution in [3.05, 3.63) is 17.7 Å². The summed E-state index contributed by atoms with van der Waals surface area (Å²) in [4.78, 5) is 12.2. The highest BCUT2D eigenvalue weighted by Gasteiger charge is 2.18. The molecule has 1 rings (SSSR count). The van der Waals surface area contributed by atoms with Crippen LogP contribution in [-0.2, 0) is 0 Å². The second-order valence-corrected chi connectivity index (χ2v) is 6.73. The SMILES string of the molecule is CCCCOc1cc(C(=O)CI)cc(OCCCC)c1OCCCC. The Kier molecular flexibility index (Phi) is 11.7. The van der Waals surface area contributed by atoms with Crippen LogP contribution in [-0.4, -0.2) is 30.0 Å². The maximum atomic E-state index is 12.2. The zero-order valence-electron chi connectivity index (χ0n) is 15.7. The second-order valence-electron chi connectivity index (χ2n) is 5.96. The highest BCUT2D eigenvalue weighted by molar-refractivity contribution is 14.1. The number of halogens is 1. The third-order valence-electron chi connectivity index (χ3n) is 3.72. The van der Waals surface area contributed by atoms with E-state index in [-0.39, 0.29) is 5.78 Å². The van der Waals surface area contributed by atoms with Crippen molar-refractivity contribution < 1.29 is 19.0 Å². The molecule has 1 aromatic carbocycles. The zero-order valence-corrected chi connectivity index (χ0v) is 17.9. The van der Waals surface area contributed by atoms with Crippen LogP contribution in [0, 0.1) is 0 Å². The maximum absolute atomic E-state index is 12.2. The Morgan fingerprint density at radius 2 is 1.28 bits per heavy atom. The van der Waals surface area contributed by atoms with Crippen molar-refractivity contribution in [3.63, 3.8) is 0 Å². The molecule has 0 N–H and O–H groups in total. The van der Waals surface area contributed by atoms with Crippen molar-refractivity contribution in [2.75, 3.05) is 24.2 Å². The summed E-state index contributed by atoms with van der Waals surface area (Å²) < 4.78 is 18.3. The van der Waals surface area contributed by atoms with Gasteiger partial charge in [-0.3, -0.25) is 4.79 Å². The number of ketones is 1. The van der Waals surface area contributed by atoms with E-state index >= 15 is 0 Å². The molecular formula is C20H31IO4. The van der Waals surface area contributed by atoms with Gasteiger partial charge in [0.05, 0.1) is 24.2 Å². The first-order valence-corrected chi connectivity index (χ1v) is 10.9. The summed E-state index contributed by atoms with van der Waals surface area (Å²) >= 11 is 2.08. The Morgan fingerprint density at radius 3 is 1.68 bits per heavy atom. The zero-order chi connectivity index (χ0) is 18.5. The van der Waals surface area contributed by atoms with E-state index in [9.17, 15) is 4.79 Å². The van der Waals surface area contributed by atoms with E-state index in [1.54, 1.807) is 12.1 Å². The van der Waals surface area contributed by atoms with Crippen LogP contribution in [0.15, 0.2) is 12.1 Å². The quantitative estimate of drug-likeness (QED) is 0.151. The number of carbonyl (C=O) groups is 1. The summed E-state index contributed by atoms with van der Waals surface area (Å²) in [5, 5.41) is 0. The van der Waals surface area contributed by atoms with Crippen molar-refractivity contribution in [1.29, 1.82) is 0 Å². The van der Waals surface area contributed by atoms with Gasteiger partial charge in [0.2, 0.25) is 5.75 Å². The Morgan fingerprint density at radius 1 is 0.840 bits per heavy atom. The molecule has 0 aliphatic heterocycles. The van der Waals surface area contributed by atoms with E-state index in [4.69, 9.17) is 14.2 Å². The summed E-state index contributed by atoms with van der Waals surface area (Å²) in [7, 11) is 0. The summed E-state index contributed by atoms with van der Waals surface area (Å²) in [6, 6.07) is 3.59. The molecule has 5 heteroatoms. The number of rotatable bonds is 14.